The van der Waals surface area contributed by atoms with E-state index in [0.717, 1.165) is 12.1 Å². The van der Waals surface area contributed by atoms with Crippen LogP contribution >= 0.6 is 0 Å². The van der Waals surface area contributed by atoms with Crippen molar-refractivity contribution < 1.29 is 25.2 Å². The molecule has 106 valence electrons. The smallest absolute Gasteiger partial charge is 0.320 e. The average Bonchev–Trinajstić information content (AvgIpc) is 2.82. The molecule has 1 unspecified atom stereocenters. The zero-order chi connectivity index (χ0) is 14.9. The van der Waals surface area contributed by atoms with Crippen molar-refractivity contribution in [1.82, 2.24) is 9.97 Å². The number of benzene rings is 1. The highest BCUT2D eigenvalue weighted by atomic mass is 16.4. The van der Waals surface area contributed by atoms with E-state index in [0.29, 0.717) is 5.69 Å². The quantitative estimate of drug-likeness (QED) is 0.344. The second kappa shape index (κ2) is 5.10. The zero-order valence-corrected chi connectivity index (χ0v) is 10.2. The van der Waals surface area contributed by atoms with Crippen molar-refractivity contribution in [3.63, 3.8) is 0 Å². The first-order chi connectivity index (χ1) is 9.38. The Labute approximate surface area is 113 Å². The number of nitrogens with one attached hydrogen (secondary N) is 1. The zero-order valence-electron chi connectivity index (χ0n) is 10.2. The Kier molecular flexibility index (Phi) is 3.49. The van der Waals surface area contributed by atoms with Gasteiger partial charge in [0.1, 0.15) is 17.6 Å². The Morgan fingerprint density at radius 1 is 1.25 bits per heavy atom. The summed E-state index contributed by atoms with van der Waals surface area (Å²) in [6.45, 7) is 0. The number of nitrogens with zero attached hydrogens (tertiary/aromatic N) is 1. The average molecular weight is 279 g/mol. The molecule has 0 saturated carbocycles. The molecule has 2 rings (SSSR count). The van der Waals surface area contributed by atoms with E-state index in [2.05, 4.69) is 9.97 Å². The number of carboxylic acids is 1. The normalized spacial score (nSPS) is 12.2. The maximum Gasteiger partial charge on any atom is 0.320 e. The Bertz CT molecular complexity index is 653. The minimum atomic E-state index is -1.13. The van der Waals surface area contributed by atoms with E-state index in [1.165, 1.54) is 6.20 Å². The lowest BCUT2D eigenvalue weighted by molar-refractivity contribution is -0.138. The number of aromatic amines is 1. The van der Waals surface area contributed by atoms with Gasteiger partial charge in [-0.1, -0.05) is 0 Å². The van der Waals surface area contributed by atoms with Crippen LogP contribution in [0.15, 0.2) is 18.3 Å². The number of carboxylic acid groups (broad SMARTS) is 1. The number of hydrogen-bond acceptors (Lipinski definition) is 6. The number of aromatic nitrogens is 2. The molecule has 1 atom stereocenters. The molecule has 1 aromatic carbocycles. The molecule has 0 bridgehead atoms. The SMILES string of the molecule is NC(Cc1cnc(-c2cc(O)c(O)cc2O)[nH]1)C(=O)O. The summed E-state index contributed by atoms with van der Waals surface area (Å²) < 4.78 is 0. The van der Waals surface area contributed by atoms with Crippen molar-refractivity contribution in [2.75, 3.05) is 0 Å². The van der Waals surface area contributed by atoms with Crippen LogP contribution in [0.5, 0.6) is 17.2 Å². The molecule has 0 aliphatic rings. The van der Waals surface area contributed by atoms with Crippen LogP contribution in [0.2, 0.25) is 0 Å². The van der Waals surface area contributed by atoms with E-state index in [1.54, 1.807) is 0 Å². The van der Waals surface area contributed by atoms with Crippen molar-refractivity contribution in [2.24, 2.45) is 5.73 Å². The fourth-order valence-corrected chi connectivity index (χ4v) is 1.68. The molecule has 0 spiro atoms. The van der Waals surface area contributed by atoms with Gasteiger partial charge in [0.2, 0.25) is 0 Å². The Hall–Kier alpha value is -2.74. The highest BCUT2D eigenvalue weighted by molar-refractivity contribution is 5.73. The molecule has 1 aromatic heterocycles. The number of H-pyrrole nitrogens is 1. The number of rotatable bonds is 4. The topological polar surface area (TPSA) is 153 Å². The van der Waals surface area contributed by atoms with E-state index < -0.39 is 23.5 Å². The monoisotopic (exact) mass is 279 g/mol. The van der Waals surface area contributed by atoms with Crippen LogP contribution in [0.1, 0.15) is 5.69 Å². The van der Waals surface area contributed by atoms with Gasteiger partial charge >= 0.3 is 5.97 Å². The number of carbonyl (C=O) groups is 1. The first-order valence-corrected chi connectivity index (χ1v) is 5.66. The van der Waals surface area contributed by atoms with E-state index in [4.69, 9.17) is 10.8 Å². The van der Waals surface area contributed by atoms with Crippen molar-refractivity contribution in [3.05, 3.63) is 24.0 Å². The molecule has 0 radical (unpaired) electrons. The summed E-state index contributed by atoms with van der Waals surface area (Å²) >= 11 is 0. The third kappa shape index (κ3) is 2.64. The van der Waals surface area contributed by atoms with Gasteiger partial charge in [0.15, 0.2) is 11.5 Å². The second-order valence-electron chi connectivity index (χ2n) is 4.26. The summed E-state index contributed by atoms with van der Waals surface area (Å²) in [6, 6.07) is 1.06. The number of phenols is 3. The molecule has 8 heteroatoms. The molecule has 0 fully saturated rings. The molecule has 1 heterocycles. The largest absolute Gasteiger partial charge is 0.507 e. The molecular formula is C12H13N3O5. The van der Waals surface area contributed by atoms with Crippen LogP contribution in [0.3, 0.4) is 0 Å². The maximum absolute atomic E-state index is 10.7. The summed E-state index contributed by atoms with van der Waals surface area (Å²) in [5, 5.41) is 37.1. The van der Waals surface area contributed by atoms with E-state index >= 15 is 0 Å². The predicted molar refractivity (Wildman–Crippen MR) is 68.3 cm³/mol. The Balaban J connectivity index is 2.29. The minimum Gasteiger partial charge on any atom is -0.507 e. The highest BCUT2D eigenvalue weighted by Gasteiger charge is 2.16. The summed E-state index contributed by atoms with van der Waals surface area (Å²) in [6.07, 6.45) is 1.44. The first-order valence-electron chi connectivity index (χ1n) is 5.66. The van der Waals surface area contributed by atoms with Crippen LogP contribution < -0.4 is 5.73 Å². The molecule has 0 amide bonds. The number of hydrogen-bond donors (Lipinski definition) is 6. The molecule has 7 N–H and O–H groups in total. The van der Waals surface area contributed by atoms with E-state index in [-0.39, 0.29) is 23.6 Å². The molecule has 8 nitrogen and oxygen atoms in total. The molecule has 2 aromatic rings. The lowest BCUT2D eigenvalue weighted by Gasteiger charge is -2.05. The van der Waals surface area contributed by atoms with Gasteiger partial charge in [-0.15, -0.1) is 0 Å². The fraction of sp³-hybridized carbons (Fsp3) is 0.167. The number of nitrogens with two attached hydrogens (primary N) is 1. The fourth-order valence-electron chi connectivity index (χ4n) is 1.68. The third-order valence-electron chi connectivity index (χ3n) is 2.73. The number of aliphatic carboxylic acids is 1. The van der Waals surface area contributed by atoms with Crippen molar-refractivity contribution >= 4 is 5.97 Å². The van der Waals surface area contributed by atoms with Crippen LogP contribution in [0.4, 0.5) is 0 Å². The predicted octanol–water partition coefficient (Wildman–Crippen LogP) is 0.148. The number of imidazole rings is 1. The summed E-state index contributed by atoms with van der Waals surface area (Å²) in [5.74, 6) is -2.04. The molecule has 20 heavy (non-hydrogen) atoms. The van der Waals surface area contributed by atoms with Gasteiger partial charge in [-0.2, -0.15) is 0 Å². The highest BCUT2D eigenvalue weighted by Crippen LogP contribution is 2.36. The lowest BCUT2D eigenvalue weighted by Crippen LogP contribution is -2.32. The van der Waals surface area contributed by atoms with Crippen LogP contribution in [0.25, 0.3) is 11.4 Å². The van der Waals surface area contributed by atoms with Gasteiger partial charge < -0.3 is 31.1 Å². The molecule has 0 saturated heterocycles. The Morgan fingerprint density at radius 2 is 1.90 bits per heavy atom. The van der Waals surface area contributed by atoms with Gasteiger partial charge in [0.05, 0.1) is 5.56 Å². The summed E-state index contributed by atoms with van der Waals surface area (Å²) in [5.41, 5.74) is 6.05. The summed E-state index contributed by atoms with van der Waals surface area (Å²) in [7, 11) is 0. The Morgan fingerprint density at radius 3 is 2.55 bits per heavy atom. The lowest BCUT2D eigenvalue weighted by atomic mass is 10.1. The van der Waals surface area contributed by atoms with Gasteiger partial charge in [-0.05, 0) is 6.07 Å². The van der Waals surface area contributed by atoms with E-state index in [1.807, 2.05) is 0 Å². The van der Waals surface area contributed by atoms with E-state index in [9.17, 15) is 20.1 Å². The van der Waals surface area contributed by atoms with Crippen LogP contribution in [0, 0.1) is 0 Å². The minimum absolute atomic E-state index is 0.0488. The van der Waals surface area contributed by atoms with Crippen molar-refractivity contribution in [2.45, 2.75) is 12.5 Å². The van der Waals surface area contributed by atoms with Crippen molar-refractivity contribution in [3.8, 4) is 28.6 Å². The van der Waals surface area contributed by atoms with Crippen LogP contribution in [-0.2, 0) is 11.2 Å². The first kappa shape index (κ1) is 13.7. The van der Waals surface area contributed by atoms with Gasteiger partial charge in [-0.3, -0.25) is 4.79 Å². The molecule has 0 aliphatic heterocycles. The van der Waals surface area contributed by atoms with Crippen molar-refractivity contribution in [1.29, 1.82) is 0 Å². The summed E-state index contributed by atoms with van der Waals surface area (Å²) in [4.78, 5) is 17.4. The third-order valence-corrected chi connectivity index (χ3v) is 2.73. The van der Waals surface area contributed by atoms with Crippen LogP contribution in [-0.4, -0.2) is 42.4 Å². The number of phenolic OH excluding ortho intramolecular Hbond substituents is 3. The molecular weight excluding hydrogens is 266 g/mol. The van der Waals surface area contributed by atoms with Gasteiger partial charge in [0.25, 0.3) is 0 Å². The number of aromatic hydroxyl groups is 3. The van der Waals surface area contributed by atoms with Gasteiger partial charge in [-0.25, -0.2) is 4.98 Å². The van der Waals surface area contributed by atoms with Gasteiger partial charge in [0, 0.05) is 24.4 Å². The standard InChI is InChI=1S/C12H13N3O5/c13-7(12(19)20)1-5-4-14-11(15-5)6-2-9(17)10(18)3-8(6)16/h2-4,7,16-18H,1,13H2,(H,14,15)(H,19,20). The molecule has 0 aliphatic carbocycles. The maximum atomic E-state index is 10.7. The second-order valence-corrected chi connectivity index (χ2v) is 4.26.